The van der Waals surface area contributed by atoms with Crippen molar-refractivity contribution in [3.05, 3.63) is 0 Å². The monoisotopic (exact) mass is 291 g/mol. The van der Waals surface area contributed by atoms with Crippen LogP contribution in [0.5, 0.6) is 0 Å². The fourth-order valence-electron chi connectivity index (χ4n) is 2.61. The van der Waals surface area contributed by atoms with E-state index < -0.39 is 23.5 Å². The van der Waals surface area contributed by atoms with Crippen molar-refractivity contribution in [1.29, 1.82) is 5.26 Å². The van der Waals surface area contributed by atoms with E-state index in [0.717, 1.165) is 12.8 Å². The second-order valence-corrected chi connectivity index (χ2v) is 6.27. The van der Waals surface area contributed by atoms with E-state index in [0.29, 0.717) is 19.0 Å². The van der Waals surface area contributed by atoms with Gasteiger partial charge in [-0.2, -0.15) is 5.26 Å². The van der Waals surface area contributed by atoms with Gasteiger partial charge in [0.25, 0.3) is 0 Å². The van der Waals surface area contributed by atoms with E-state index in [9.17, 15) is 14.4 Å². The van der Waals surface area contributed by atoms with Crippen LogP contribution in [0.1, 0.15) is 33.1 Å². The predicted octanol–water partition coefficient (Wildman–Crippen LogP) is 0.478. The van der Waals surface area contributed by atoms with Crippen LogP contribution in [0.4, 0.5) is 0 Å². The molecule has 2 atom stereocenters. The number of nitrogens with zero attached hydrogens (tertiary/aromatic N) is 2. The van der Waals surface area contributed by atoms with E-state index in [1.807, 2.05) is 0 Å². The summed E-state index contributed by atoms with van der Waals surface area (Å²) >= 11 is 0. The molecule has 2 unspecified atom stereocenters. The van der Waals surface area contributed by atoms with Gasteiger partial charge in [-0.1, -0.05) is 0 Å². The third-order valence-electron chi connectivity index (χ3n) is 3.90. The minimum absolute atomic E-state index is 0.0405. The molecule has 1 saturated carbocycles. The quantitative estimate of drug-likeness (QED) is 0.721. The first kappa shape index (κ1) is 15.5. The van der Waals surface area contributed by atoms with Crippen LogP contribution in [0.3, 0.4) is 0 Å². The first-order chi connectivity index (χ1) is 9.92. The third kappa shape index (κ3) is 3.81. The summed E-state index contributed by atoms with van der Waals surface area (Å²) in [5, 5.41) is 11.7. The Morgan fingerprint density at radius 1 is 1.43 bits per heavy atom. The third-order valence-corrected chi connectivity index (χ3v) is 3.90. The van der Waals surface area contributed by atoms with Crippen LogP contribution in [0, 0.1) is 29.1 Å². The highest BCUT2D eigenvalue weighted by Gasteiger charge is 2.41. The van der Waals surface area contributed by atoms with Gasteiger partial charge in [0.1, 0.15) is 0 Å². The van der Waals surface area contributed by atoms with Crippen LogP contribution in [-0.2, 0) is 14.4 Å². The number of rotatable bonds is 6. The Morgan fingerprint density at radius 2 is 2.10 bits per heavy atom. The van der Waals surface area contributed by atoms with Crippen molar-refractivity contribution in [3.8, 4) is 6.07 Å². The van der Waals surface area contributed by atoms with E-state index in [2.05, 4.69) is 5.32 Å². The van der Waals surface area contributed by atoms with Gasteiger partial charge in [-0.05, 0) is 32.6 Å². The second kappa shape index (κ2) is 6.25. The lowest BCUT2D eigenvalue weighted by molar-refractivity contribution is -0.134. The zero-order valence-corrected chi connectivity index (χ0v) is 12.5. The normalized spacial score (nSPS) is 23.0. The molecule has 1 aliphatic carbocycles. The number of amides is 2. The zero-order valence-electron chi connectivity index (χ0n) is 12.5. The van der Waals surface area contributed by atoms with E-state index in [1.165, 1.54) is 0 Å². The second-order valence-electron chi connectivity index (χ2n) is 6.27. The fraction of sp³-hybridized carbons (Fsp3) is 0.733. The smallest absolute Gasteiger partial charge is 0.245 e. The highest BCUT2D eigenvalue weighted by atomic mass is 16.2. The Bertz CT molecular complexity index is 491. The van der Waals surface area contributed by atoms with Crippen molar-refractivity contribution in [2.45, 2.75) is 39.2 Å². The van der Waals surface area contributed by atoms with Crippen molar-refractivity contribution < 1.29 is 14.4 Å². The lowest BCUT2D eigenvalue weighted by Gasteiger charge is -2.17. The highest BCUT2D eigenvalue weighted by molar-refractivity contribution is 6.06. The summed E-state index contributed by atoms with van der Waals surface area (Å²) in [6, 6.07) is 1.65. The molecule has 2 rings (SSSR count). The van der Waals surface area contributed by atoms with Crippen molar-refractivity contribution in [2.24, 2.45) is 17.8 Å². The number of ketones is 1. The molecular formula is C15H21N3O3. The van der Waals surface area contributed by atoms with E-state index in [4.69, 9.17) is 5.26 Å². The molecule has 6 nitrogen and oxygen atoms in total. The molecule has 21 heavy (non-hydrogen) atoms. The molecule has 1 heterocycles. The summed E-state index contributed by atoms with van der Waals surface area (Å²) in [5.74, 6) is -2.31. The molecule has 1 aliphatic heterocycles. The molecule has 2 aliphatic rings. The Kier molecular flexibility index (Phi) is 4.61. The fourth-order valence-corrected chi connectivity index (χ4v) is 2.61. The summed E-state index contributed by atoms with van der Waals surface area (Å²) in [6.45, 7) is 4.60. The molecule has 0 aromatic carbocycles. The number of hydrogen-bond donors (Lipinski definition) is 1. The molecular weight excluding hydrogens is 270 g/mol. The highest BCUT2D eigenvalue weighted by Crippen LogP contribution is 2.32. The molecule has 1 saturated heterocycles. The van der Waals surface area contributed by atoms with Crippen LogP contribution in [0.25, 0.3) is 0 Å². The van der Waals surface area contributed by atoms with Crippen LogP contribution in [0.15, 0.2) is 0 Å². The van der Waals surface area contributed by atoms with Crippen LogP contribution in [0.2, 0.25) is 0 Å². The number of hydrogen-bond acceptors (Lipinski definition) is 4. The number of nitriles is 1. The van der Waals surface area contributed by atoms with Gasteiger partial charge in [-0.15, -0.1) is 0 Å². The maximum absolute atomic E-state index is 12.3. The summed E-state index contributed by atoms with van der Waals surface area (Å²) in [6.07, 6.45) is 2.40. The number of carbonyl (C=O) groups excluding carboxylic acids is 3. The van der Waals surface area contributed by atoms with Gasteiger partial charge in [0.15, 0.2) is 11.7 Å². The molecule has 2 fully saturated rings. The predicted molar refractivity (Wildman–Crippen MR) is 74.8 cm³/mol. The molecule has 114 valence electrons. The van der Waals surface area contributed by atoms with Crippen molar-refractivity contribution in [1.82, 2.24) is 10.2 Å². The van der Waals surface area contributed by atoms with Gasteiger partial charge in [0.2, 0.25) is 11.8 Å². The number of nitrogens with one attached hydrogen (secondary N) is 1. The number of carbonyl (C=O) groups is 3. The van der Waals surface area contributed by atoms with Crippen LogP contribution < -0.4 is 5.32 Å². The first-order valence-electron chi connectivity index (χ1n) is 7.43. The molecule has 1 N–H and O–H groups in total. The SMILES string of the molecule is CC(C)NC(=O)C(C#N)C(=O)C1CC(=O)N(CC2CC2)C1. The van der Waals surface area contributed by atoms with Gasteiger partial charge >= 0.3 is 0 Å². The molecule has 0 bridgehead atoms. The Labute approximate surface area is 124 Å². The van der Waals surface area contributed by atoms with Gasteiger partial charge in [-0.3, -0.25) is 14.4 Å². The topological polar surface area (TPSA) is 90.3 Å². The minimum Gasteiger partial charge on any atom is -0.352 e. The van der Waals surface area contributed by atoms with Gasteiger partial charge in [-0.25, -0.2) is 0 Å². The maximum atomic E-state index is 12.3. The van der Waals surface area contributed by atoms with Gasteiger partial charge in [0.05, 0.1) is 6.07 Å². The lowest BCUT2D eigenvalue weighted by Crippen LogP contribution is -2.41. The Balaban J connectivity index is 1.96. The zero-order chi connectivity index (χ0) is 15.6. The maximum Gasteiger partial charge on any atom is 0.245 e. The van der Waals surface area contributed by atoms with Crippen molar-refractivity contribution >= 4 is 17.6 Å². The van der Waals surface area contributed by atoms with Crippen LogP contribution >= 0.6 is 0 Å². The molecule has 2 amide bonds. The van der Waals surface area contributed by atoms with Crippen LogP contribution in [-0.4, -0.2) is 41.6 Å². The van der Waals surface area contributed by atoms with Crippen molar-refractivity contribution in [3.63, 3.8) is 0 Å². The molecule has 0 aromatic heterocycles. The lowest BCUT2D eigenvalue weighted by atomic mass is 9.92. The number of likely N-dealkylation sites (tertiary alicyclic amines) is 1. The summed E-state index contributed by atoms with van der Waals surface area (Å²) in [5.41, 5.74) is 0. The van der Waals surface area contributed by atoms with Gasteiger partial charge in [0, 0.05) is 31.5 Å². The summed E-state index contributed by atoms with van der Waals surface area (Å²) in [7, 11) is 0. The van der Waals surface area contributed by atoms with Crippen molar-refractivity contribution in [2.75, 3.05) is 13.1 Å². The first-order valence-corrected chi connectivity index (χ1v) is 7.43. The molecule has 6 heteroatoms. The standard InChI is InChI=1S/C15H21N3O3/c1-9(2)17-15(21)12(6-16)14(20)11-5-13(19)18(8-11)7-10-3-4-10/h9-12H,3-5,7-8H2,1-2H3,(H,17,21). The Morgan fingerprint density at radius 3 is 2.62 bits per heavy atom. The molecule has 0 radical (unpaired) electrons. The van der Waals surface area contributed by atoms with E-state index >= 15 is 0 Å². The average Bonchev–Trinajstić information content (AvgIpc) is 3.13. The van der Waals surface area contributed by atoms with E-state index in [1.54, 1.807) is 24.8 Å². The average molecular weight is 291 g/mol. The minimum atomic E-state index is -1.31. The summed E-state index contributed by atoms with van der Waals surface area (Å²) in [4.78, 5) is 37.8. The van der Waals surface area contributed by atoms with Gasteiger partial charge < -0.3 is 10.2 Å². The molecule has 0 aromatic rings. The summed E-state index contributed by atoms with van der Waals surface area (Å²) < 4.78 is 0. The number of Topliss-reactive ketones (excluding diaryl/α,β-unsaturated/α-hetero) is 1. The van der Waals surface area contributed by atoms with E-state index in [-0.39, 0.29) is 18.4 Å². The largest absolute Gasteiger partial charge is 0.352 e. The molecule has 0 spiro atoms. The Hall–Kier alpha value is -1.90.